The molecule has 1 N–H and O–H groups in total. The summed E-state index contributed by atoms with van der Waals surface area (Å²) in [6, 6.07) is 9.42. The van der Waals surface area contributed by atoms with Gasteiger partial charge in [-0.1, -0.05) is 23.5 Å². The molecule has 3 aromatic heterocycles. The summed E-state index contributed by atoms with van der Waals surface area (Å²) < 4.78 is 20.7. The van der Waals surface area contributed by atoms with E-state index in [0.717, 1.165) is 46.7 Å². The molecule has 0 aliphatic carbocycles. The highest BCUT2D eigenvalue weighted by molar-refractivity contribution is 7.22. The van der Waals surface area contributed by atoms with E-state index >= 15 is 0 Å². The summed E-state index contributed by atoms with van der Waals surface area (Å²) in [5.74, 6) is 0.320. The molecule has 1 aliphatic rings. The molecule has 1 saturated heterocycles. The van der Waals surface area contributed by atoms with Gasteiger partial charge in [0.1, 0.15) is 11.5 Å². The van der Waals surface area contributed by atoms with Gasteiger partial charge in [0.2, 0.25) is 5.95 Å². The minimum Gasteiger partial charge on any atom is -0.450 e. The van der Waals surface area contributed by atoms with Crippen LogP contribution in [0.1, 0.15) is 12.5 Å². The van der Waals surface area contributed by atoms with Gasteiger partial charge in [0.15, 0.2) is 10.9 Å². The maximum absolute atomic E-state index is 14.7. The van der Waals surface area contributed by atoms with Gasteiger partial charge in [-0.25, -0.2) is 29.1 Å². The Morgan fingerprint density at radius 1 is 1.11 bits per heavy atom. The predicted octanol–water partition coefficient (Wildman–Crippen LogP) is 4.37. The van der Waals surface area contributed by atoms with Crippen LogP contribution in [-0.4, -0.2) is 82.7 Å². The highest BCUT2D eigenvalue weighted by Crippen LogP contribution is 2.32. The number of nitrogens with one attached hydrogen (secondary N) is 1. The second kappa shape index (κ2) is 11.2. The first-order valence-corrected chi connectivity index (χ1v) is 13.2. The van der Waals surface area contributed by atoms with Crippen LogP contribution in [0.25, 0.3) is 21.5 Å². The first-order chi connectivity index (χ1) is 18.4. The molecule has 12 heteroatoms. The number of anilines is 3. The lowest BCUT2D eigenvalue weighted by Crippen LogP contribution is -2.48. The Hall–Kier alpha value is -3.90. The van der Waals surface area contributed by atoms with Crippen LogP contribution >= 0.6 is 11.3 Å². The quantitative estimate of drug-likeness (QED) is 0.369. The van der Waals surface area contributed by atoms with Gasteiger partial charge < -0.3 is 19.9 Å². The van der Waals surface area contributed by atoms with E-state index in [2.05, 4.69) is 30.2 Å². The van der Waals surface area contributed by atoms with Crippen molar-refractivity contribution in [2.45, 2.75) is 13.5 Å². The van der Waals surface area contributed by atoms with Gasteiger partial charge in [-0.05, 0) is 30.7 Å². The van der Waals surface area contributed by atoms with Crippen molar-refractivity contribution in [1.29, 1.82) is 0 Å². The number of pyridine rings is 1. The van der Waals surface area contributed by atoms with Crippen LogP contribution in [0.3, 0.4) is 0 Å². The number of ether oxygens (including phenoxy) is 1. The van der Waals surface area contributed by atoms with Crippen LogP contribution in [0, 0.1) is 5.82 Å². The summed E-state index contributed by atoms with van der Waals surface area (Å²) in [6.07, 6.45) is 2.71. The topological polar surface area (TPSA) is 99.6 Å². The standard InChI is InChI=1S/C26H29FN8O2S/c1-4-37-26(36)35-11-9-34(10-12-35)16-17-5-8-22(28-14-17)31-24-29-15-19(27)23(32-24)18-6-7-20-21(13-18)38-25(30-20)33(2)3/h5-8,13-15H,4,9-12,16H2,1-3H3,(H,28,29,31,32). The van der Waals surface area contributed by atoms with Gasteiger partial charge in [0, 0.05) is 58.6 Å². The van der Waals surface area contributed by atoms with E-state index in [1.807, 2.05) is 56.3 Å². The average Bonchev–Trinajstić information content (AvgIpc) is 3.35. The van der Waals surface area contributed by atoms with E-state index in [-0.39, 0.29) is 17.7 Å². The number of carbonyl (C=O) groups is 1. The molecule has 198 valence electrons. The number of aromatic nitrogens is 4. The van der Waals surface area contributed by atoms with Gasteiger partial charge >= 0.3 is 6.09 Å². The van der Waals surface area contributed by atoms with Gasteiger partial charge in [0.25, 0.3) is 0 Å². The molecular formula is C26H29FN8O2S. The molecule has 0 radical (unpaired) electrons. The largest absolute Gasteiger partial charge is 0.450 e. The number of fused-ring (bicyclic) bond motifs is 1. The third-order valence-electron chi connectivity index (χ3n) is 6.15. The third kappa shape index (κ3) is 5.81. The van der Waals surface area contributed by atoms with E-state index in [4.69, 9.17) is 4.74 Å². The number of hydrogen-bond acceptors (Lipinski definition) is 10. The fourth-order valence-electron chi connectivity index (χ4n) is 4.15. The van der Waals surface area contributed by atoms with E-state index in [9.17, 15) is 9.18 Å². The SMILES string of the molecule is CCOC(=O)N1CCN(Cc2ccc(Nc3ncc(F)c(-c4ccc5nc(N(C)C)sc5c4)n3)nc2)CC1. The summed E-state index contributed by atoms with van der Waals surface area (Å²) in [5.41, 5.74) is 2.78. The zero-order chi connectivity index (χ0) is 26.6. The highest BCUT2D eigenvalue weighted by atomic mass is 32.1. The molecule has 1 fully saturated rings. The molecule has 1 aliphatic heterocycles. The van der Waals surface area contributed by atoms with Crippen molar-refractivity contribution in [3.8, 4) is 11.3 Å². The predicted molar refractivity (Wildman–Crippen MR) is 146 cm³/mol. The second-order valence-electron chi connectivity index (χ2n) is 9.10. The number of benzene rings is 1. The molecular weight excluding hydrogens is 507 g/mol. The van der Waals surface area contributed by atoms with Gasteiger partial charge in [-0.3, -0.25) is 4.90 Å². The summed E-state index contributed by atoms with van der Waals surface area (Å²) in [6.45, 7) is 5.76. The fraction of sp³-hybridized carbons (Fsp3) is 0.346. The van der Waals surface area contributed by atoms with Crippen molar-refractivity contribution in [3.05, 3.63) is 54.1 Å². The molecule has 0 atom stereocenters. The molecule has 0 saturated carbocycles. The number of halogens is 1. The molecule has 0 bridgehead atoms. The van der Waals surface area contributed by atoms with Crippen LogP contribution < -0.4 is 10.2 Å². The Morgan fingerprint density at radius 3 is 2.63 bits per heavy atom. The smallest absolute Gasteiger partial charge is 0.409 e. The van der Waals surface area contributed by atoms with Crippen LogP contribution in [0.4, 0.5) is 26.1 Å². The van der Waals surface area contributed by atoms with Crippen molar-refractivity contribution in [1.82, 2.24) is 29.7 Å². The van der Waals surface area contributed by atoms with Crippen molar-refractivity contribution >= 4 is 44.5 Å². The molecule has 0 unspecified atom stereocenters. The molecule has 38 heavy (non-hydrogen) atoms. The van der Waals surface area contributed by atoms with Crippen LogP contribution in [-0.2, 0) is 11.3 Å². The number of thiazole rings is 1. The summed E-state index contributed by atoms with van der Waals surface area (Å²) in [7, 11) is 3.88. The number of rotatable bonds is 7. The monoisotopic (exact) mass is 536 g/mol. The van der Waals surface area contributed by atoms with E-state index in [1.54, 1.807) is 22.4 Å². The van der Waals surface area contributed by atoms with Crippen molar-refractivity contribution in [2.75, 3.05) is 57.1 Å². The second-order valence-corrected chi connectivity index (χ2v) is 10.1. The summed E-state index contributed by atoms with van der Waals surface area (Å²) >= 11 is 1.54. The Labute approximate surface area is 224 Å². The number of carbonyl (C=O) groups excluding carboxylic acids is 1. The minimum atomic E-state index is -0.501. The molecule has 1 aromatic carbocycles. The van der Waals surface area contributed by atoms with E-state index < -0.39 is 5.82 Å². The lowest BCUT2D eigenvalue weighted by molar-refractivity contribution is 0.0778. The van der Waals surface area contributed by atoms with Crippen LogP contribution in [0.2, 0.25) is 0 Å². The Morgan fingerprint density at radius 2 is 1.92 bits per heavy atom. The first kappa shape index (κ1) is 25.7. The zero-order valence-corrected chi connectivity index (χ0v) is 22.3. The highest BCUT2D eigenvalue weighted by Gasteiger charge is 2.22. The maximum atomic E-state index is 14.7. The summed E-state index contributed by atoms with van der Waals surface area (Å²) in [5, 5.41) is 3.96. The van der Waals surface area contributed by atoms with Crippen molar-refractivity contribution in [3.63, 3.8) is 0 Å². The third-order valence-corrected chi connectivity index (χ3v) is 7.33. The van der Waals surface area contributed by atoms with E-state index in [1.165, 1.54) is 0 Å². The lowest BCUT2D eigenvalue weighted by Gasteiger charge is -2.33. The van der Waals surface area contributed by atoms with Crippen LogP contribution in [0.5, 0.6) is 0 Å². The van der Waals surface area contributed by atoms with E-state index in [0.29, 0.717) is 31.1 Å². The Balaban J connectivity index is 1.23. The normalized spacial score (nSPS) is 14.1. The zero-order valence-electron chi connectivity index (χ0n) is 21.5. The first-order valence-electron chi connectivity index (χ1n) is 12.4. The fourth-order valence-corrected chi connectivity index (χ4v) is 5.08. The average molecular weight is 537 g/mol. The Bertz CT molecular complexity index is 1420. The van der Waals surface area contributed by atoms with Gasteiger partial charge in [-0.15, -0.1) is 0 Å². The van der Waals surface area contributed by atoms with Gasteiger partial charge in [0.05, 0.1) is 23.0 Å². The molecule has 0 spiro atoms. The minimum absolute atomic E-state index is 0.211. The Kier molecular flexibility index (Phi) is 7.61. The number of piperazine rings is 1. The van der Waals surface area contributed by atoms with Crippen molar-refractivity contribution < 1.29 is 13.9 Å². The molecule has 5 rings (SSSR count). The molecule has 10 nitrogen and oxygen atoms in total. The molecule has 4 heterocycles. The molecule has 4 aromatic rings. The lowest BCUT2D eigenvalue weighted by atomic mass is 10.1. The molecule has 1 amide bonds. The maximum Gasteiger partial charge on any atom is 0.409 e. The van der Waals surface area contributed by atoms with Crippen LogP contribution in [0.15, 0.2) is 42.7 Å². The van der Waals surface area contributed by atoms with Gasteiger partial charge in [-0.2, -0.15) is 0 Å². The van der Waals surface area contributed by atoms with Crippen molar-refractivity contribution in [2.24, 2.45) is 0 Å². The summed E-state index contributed by atoms with van der Waals surface area (Å²) in [4.78, 5) is 35.4. The number of amides is 1. The number of nitrogens with zero attached hydrogens (tertiary/aromatic N) is 7. The number of hydrogen-bond donors (Lipinski definition) is 1.